The maximum Gasteiger partial charge on any atom is 0.243 e. The van der Waals surface area contributed by atoms with Gasteiger partial charge in [0.25, 0.3) is 0 Å². The Labute approximate surface area is 200 Å². The van der Waals surface area contributed by atoms with Gasteiger partial charge in [-0.3, -0.25) is 9.59 Å². The highest BCUT2D eigenvalue weighted by Gasteiger charge is 2.14. The van der Waals surface area contributed by atoms with Crippen LogP contribution in [0, 0.1) is 6.92 Å². The third-order valence-corrected chi connectivity index (χ3v) is 7.06. The number of benzene rings is 2. The molecule has 0 bridgehead atoms. The molecule has 168 valence electrons. The third kappa shape index (κ3) is 5.77. The number of hydrogen-bond donors (Lipinski definition) is 2. The van der Waals surface area contributed by atoms with Gasteiger partial charge in [0, 0.05) is 16.0 Å². The Kier molecular flexibility index (Phi) is 7.36. The summed E-state index contributed by atoms with van der Waals surface area (Å²) < 4.78 is 0. The fourth-order valence-corrected chi connectivity index (χ4v) is 5.38. The van der Waals surface area contributed by atoms with Crippen LogP contribution in [0.3, 0.4) is 0 Å². The molecule has 0 radical (unpaired) electrons. The summed E-state index contributed by atoms with van der Waals surface area (Å²) in [7, 11) is 0. The minimum absolute atomic E-state index is 0.0771. The monoisotopic (exact) mass is 476 g/mol. The second kappa shape index (κ2) is 10.6. The van der Waals surface area contributed by atoms with Crippen molar-refractivity contribution >= 4 is 50.8 Å². The quantitative estimate of drug-likeness (QED) is 0.274. The third-order valence-electron chi connectivity index (χ3n) is 4.99. The minimum Gasteiger partial charge on any atom is -0.346 e. The minimum atomic E-state index is -0.250. The molecule has 33 heavy (non-hydrogen) atoms. The largest absolute Gasteiger partial charge is 0.346 e. The number of anilines is 1. The lowest BCUT2D eigenvalue weighted by Gasteiger charge is -2.10. The summed E-state index contributed by atoms with van der Waals surface area (Å²) in [5.41, 5.74) is 2.96. The van der Waals surface area contributed by atoms with Gasteiger partial charge in [-0.2, -0.15) is 0 Å². The van der Waals surface area contributed by atoms with Gasteiger partial charge in [-0.1, -0.05) is 67.2 Å². The first-order valence-electron chi connectivity index (χ1n) is 10.6. The molecule has 0 spiro atoms. The summed E-state index contributed by atoms with van der Waals surface area (Å²) in [6, 6.07) is 19.9. The van der Waals surface area contributed by atoms with Crippen molar-refractivity contribution in [3.05, 3.63) is 72.1 Å². The second-order valence-electron chi connectivity index (χ2n) is 7.40. The number of para-hydroxylation sites is 1. The molecule has 6 nitrogen and oxygen atoms in total. The van der Waals surface area contributed by atoms with E-state index in [2.05, 4.69) is 38.8 Å². The summed E-state index contributed by atoms with van der Waals surface area (Å²) in [4.78, 5) is 35.8. The molecular formula is C25H24N4O2S2. The van der Waals surface area contributed by atoms with Gasteiger partial charge in [0.15, 0.2) is 0 Å². The average molecular weight is 477 g/mol. The van der Waals surface area contributed by atoms with Crippen molar-refractivity contribution in [2.24, 2.45) is 0 Å². The SMILES string of the molecule is CCc1ccccc1NC(=O)CNC(=O)CSc1nc(C)nc2sc(-c3ccccc3)cc12. The van der Waals surface area contributed by atoms with Crippen LogP contribution in [0.2, 0.25) is 0 Å². The number of aryl methyl sites for hydroxylation is 2. The van der Waals surface area contributed by atoms with Crippen molar-refractivity contribution in [3.63, 3.8) is 0 Å². The molecule has 8 heteroatoms. The van der Waals surface area contributed by atoms with Crippen molar-refractivity contribution in [2.45, 2.75) is 25.3 Å². The molecule has 0 aliphatic heterocycles. The number of hydrogen-bond acceptors (Lipinski definition) is 6. The average Bonchev–Trinajstić information content (AvgIpc) is 3.26. The number of carbonyl (C=O) groups excluding carboxylic acids is 2. The highest BCUT2D eigenvalue weighted by Crippen LogP contribution is 2.36. The van der Waals surface area contributed by atoms with E-state index in [0.29, 0.717) is 5.82 Å². The number of rotatable bonds is 8. The van der Waals surface area contributed by atoms with E-state index >= 15 is 0 Å². The summed E-state index contributed by atoms with van der Waals surface area (Å²) in [5.74, 6) is 0.364. The van der Waals surface area contributed by atoms with Gasteiger partial charge in [-0.25, -0.2) is 9.97 Å². The lowest BCUT2D eigenvalue weighted by atomic mass is 10.1. The molecule has 0 fully saturated rings. The van der Waals surface area contributed by atoms with Crippen molar-refractivity contribution in [1.82, 2.24) is 15.3 Å². The molecule has 0 saturated carbocycles. The molecule has 0 saturated heterocycles. The molecule has 2 aromatic heterocycles. The van der Waals surface area contributed by atoms with E-state index in [9.17, 15) is 9.59 Å². The molecule has 2 N–H and O–H groups in total. The zero-order chi connectivity index (χ0) is 23.2. The predicted molar refractivity (Wildman–Crippen MR) is 136 cm³/mol. The van der Waals surface area contributed by atoms with Crippen molar-refractivity contribution < 1.29 is 9.59 Å². The second-order valence-corrected chi connectivity index (χ2v) is 9.39. The first-order valence-corrected chi connectivity index (χ1v) is 12.4. The maximum absolute atomic E-state index is 12.4. The standard InChI is InChI=1S/C25H24N4O2S2/c1-3-17-9-7-8-12-20(17)29-22(30)14-26-23(31)15-32-24-19-13-21(18-10-5-4-6-11-18)33-25(19)28-16(2)27-24/h4-13H,3,14-15H2,1-2H3,(H,26,31)(H,29,30). The molecule has 4 aromatic rings. The van der Waals surface area contributed by atoms with Crippen LogP contribution in [0.5, 0.6) is 0 Å². The summed E-state index contributed by atoms with van der Waals surface area (Å²) >= 11 is 2.97. The van der Waals surface area contributed by atoms with Crippen LogP contribution in [0.25, 0.3) is 20.7 Å². The van der Waals surface area contributed by atoms with Gasteiger partial charge < -0.3 is 10.6 Å². The van der Waals surface area contributed by atoms with E-state index in [0.717, 1.165) is 43.4 Å². The van der Waals surface area contributed by atoms with Crippen LogP contribution in [-0.4, -0.2) is 34.1 Å². The van der Waals surface area contributed by atoms with Crippen LogP contribution < -0.4 is 10.6 Å². The zero-order valence-electron chi connectivity index (χ0n) is 18.4. The highest BCUT2D eigenvalue weighted by molar-refractivity contribution is 8.00. The Bertz CT molecular complexity index is 1290. The van der Waals surface area contributed by atoms with Gasteiger partial charge in [-0.15, -0.1) is 11.3 Å². The first kappa shape index (κ1) is 22.9. The van der Waals surface area contributed by atoms with E-state index in [1.165, 1.54) is 11.8 Å². The van der Waals surface area contributed by atoms with Crippen molar-refractivity contribution in [2.75, 3.05) is 17.6 Å². The number of nitrogens with zero attached hydrogens (tertiary/aromatic N) is 2. The summed E-state index contributed by atoms with van der Waals surface area (Å²) in [6.07, 6.45) is 0.820. The molecule has 2 heterocycles. The number of amides is 2. The van der Waals surface area contributed by atoms with Crippen molar-refractivity contribution in [3.8, 4) is 10.4 Å². The van der Waals surface area contributed by atoms with Gasteiger partial charge >= 0.3 is 0 Å². The lowest BCUT2D eigenvalue weighted by Crippen LogP contribution is -2.34. The number of nitrogens with one attached hydrogen (secondary N) is 2. The predicted octanol–water partition coefficient (Wildman–Crippen LogP) is 5.08. The highest BCUT2D eigenvalue weighted by atomic mass is 32.2. The van der Waals surface area contributed by atoms with Gasteiger partial charge in [0.1, 0.15) is 15.7 Å². The number of thioether (sulfide) groups is 1. The topological polar surface area (TPSA) is 84.0 Å². The summed E-state index contributed by atoms with van der Waals surface area (Å²) in [5, 5.41) is 7.26. The fourth-order valence-electron chi connectivity index (χ4n) is 3.36. The Balaban J connectivity index is 1.37. The van der Waals surface area contributed by atoms with Gasteiger partial charge in [0.05, 0.1) is 12.3 Å². The smallest absolute Gasteiger partial charge is 0.243 e. The number of thiophene rings is 1. The van der Waals surface area contributed by atoms with Crippen LogP contribution in [-0.2, 0) is 16.0 Å². The molecule has 4 rings (SSSR count). The van der Waals surface area contributed by atoms with Crippen molar-refractivity contribution in [1.29, 1.82) is 0 Å². The Morgan fingerprint density at radius 1 is 1.00 bits per heavy atom. The maximum atomic E-state index is 12.4. The van der Waals surface area contributed by atoms with Crippen LogP contribution >= 0.6 is 23.1 Å². The van der Waals surface area contributed by atoms with Crippen LogP contribution in [0.15, 0.2) is 65.7 Å². The molecule has 2 amide bonds. The number of carbonyl (C=O) groups is 2. The molecule has 0 unspecified atom stereocenters. The number of fused-ring (bicyclic) bond motifs is 1. The normalized spacial score (nSPS) is 10.8. The zero-order valence-corrected chi connectivity index (χ0v) is 20.1. The molecule has 0 aliphatic carbocycles. The Morgan fingerprint density at radius 2 is 1.76 bits per heavy atom. The Hall–Kier alpha value is -3.23. The lowest BCUT2D eigenvalue weighted by molar-refractivity contribution is -0.122. The molecular weight excluding hydrogens is 452 g/mol. The van der Waals surface area contributed by atoms with E-state index in [1.54, 1.807) is 11.3 Å². The molecule has 2 aromatic carbocycles. The van der Waals surface area contributed by atoms with E-state index in [4.69, 9.17) is 0 Å². The van der Waals surface area contributed by atoms with Gasteiger partial charge in [0.2, 0.25) is 11.8 Å². The van der Waals surface area contributed by atoms with Crippen LogP contribution in [0.1, 0.15) is 18.3 Å². The van der Waals surface area contributed by atoms with Gasteiger partial charge in [-0.05, 0) is 36.6 Å². The van der Waals surface area contributed by atoms with E-state index < -0.39 is 0 Å². The fraction of sp³-hybridized carbons (Fsp3) is 0.200. The molecule has 0 aliphatic rings. The van der Waals surface area contributed by atoms with E-state index in [1.807, 2.05) is 56.3 Å². The van der Waals surface area contributed by atoms with E-state index in [-0.39, 0.29) is 24.1 Å². The Morgan fingerprint density at radius 3 is 2.55 bits per heavy atom. The number of aromatic nitrogens is 2. The molecule has 0 atom stereocenters. The first-order chi connectivity index (χ1) is 16.0. The summed E-state index contributed by atoms with van der Waals surface area (Å²) in [6.45, 7) is 3.81. The van der Waals surface area contributed by atoms with Crippen LogP contribution in [0.4, 0.5) is 5.69 Å².